The Labute approximate surface area is 330 Å². The number of carbonyl (C=O) groups is 3. The molecule has 3 aromatic heterocycles. The summed E-state index contributed by atoms with van der Waals surface area (Å²) in [7, 11) is -1.44. The summed E-state index contributed by atoms with van der Waals surface area (Å²) in [6, 6.07) is 12.6. The van der Waals surface area contributed by atoms with Crippen molar-refractivity contribution in [3.05, 3.63) is 96.1 Å². The highest BCUT2D eigenvalue weighted by Crippen LogP contribution is 2.57. The maximum absolute atomic E-state index is 14.1. The summed E-state index contributed by atoms with van der Waals surface area (Å²) in [5.41, 5.74) is 2.67. The summed E-state index contributed by atoms with van der Waals surface area (Å²) < 4.78 is 31.0. The Kier molecular flexibility index (Phi) is 9.80. The molecule has 4 atom stereocenters. The largest absolute Gasteiger partial charge is 0.474 e. The Morgan fingerprint density at radius 1 is 1.09 bits per heavy atom. The number of alkyl carbamates (subject to hydrolysis) is 1. The number of para-hydroxylation sites is 2. The van der Waals surface area contributed by atoms with Crippen LogP contribution >= 0.6 is 0 Å². The second-order valence-electron chi connectivity index (χ2n) is 16.2. The number of oxazole rings is 2. The molecule has 57 heavy (non-hydrogen) atoms. The lowest BCUT2D eigenvalue weighted by molar-refractivity contribution is -0.131. The van der Waals surface area contributed by atoms with Crippen LogP contribution in [0, 0.1) is 5.92 Å². The lowest BCUT2D eigenvalue weighted by atomic mass is 9.76. The fourth-order valence-electron chi connectivity index (χ4n) is 7.63. The van der Waals surface area contributed by atoms with Crippen LogP contribution in [0.15, 0.2) is 87.7 Å². The van der Waals surface area contributed by atoms with E-state index in [-0.39, 0.29) is 30.7 Å². The molecule has 2 aromatic carbocycles. The van der Waals surface area contributed by atoms with E-state index < -0.39 is 49.8 Å². The van der Waals surface area contributed by atoms with Crippen LogP contribution in [0.4, 0.5) is 10.5 Å². The van der Waals surface area contributed by atoms with Gasteiger partial charge in [-0.2, -0.15) is 0 Å². The minimum Gasteiger partial charge on any atom is -0.474 e. The zero-order valence-corrected chi connectivity index (χ0v) is 33.7. The number of hydrogen-bond acceptors (Lipinski definition) is 11. The Hall–Kier alpha value is -6.09. The number of hydrogen-bond donors (Lipinski definition) is 4. The van der Waals surface area contributed by atoms with Gasteiger partial charge in [0.05, 0.1) is 18.3 Å². The van der Waals surface area contributed by atoms with Gasteiger partial charge in [-0.3, -0.25) is 9.59 Å². The summed E-state index contributed by atoms with van der Waals surface area (Å²) >= 11 is 0. The standard InChI is InChI=1S/C42H46N6O8Si/c1-23(2)33-39-48-35(38-44-22-32(55-38)27-21-43-34-26(27)13-11-17-31(34)53-24(3)49)36(56-39)42-20-25(54-40(42)45-29-15-10-8-14-28(29)42)12-7-9-16-30(37(50)47-33)46-41(51)52-18-19-57(4,5)6/h7-15,17,21-23,30,33,40,43,45H,16,18-20H2,1-6H3,(H,46,51)(H,47,50)/b9-7+,25-12+/t30-,33-,40-,42-/m0/s1. The fraction of sp³-hybridized carbons (Fsp3) is 0.357. The minimum absolute atomic E-state index is 0.184. The van der Waals surface area contributed by atoms with Crippen LogP contribution in [0.5, 0.6) is 5.75 Å². The van der Waals surface area contributed by atoms with E-state index in [1.807, 2.05) is 62.4 Å². The molecule has 296 valence electrons. The molecule has 8 rings (SSSR count). The summed E-state index contributed by atoms with van der Waals surface area (Å²) in [5, 5.41) is 10.2. The first-order valence-electron chi connectivity index (χ1n) is 19.2. The first-order valence-corrected chi connectivity index (χ1v) is 22.9. The van der Waals surface area contributed by atoms with E-state index in [9.17, 15) is 14.4 Å². The number of nitrogens with zero attached hydrogens (tertiary/aromatic N) is 2. The number of carbonyl (C=O) groups excluding carboxylic acids is 3. The average Bonchev–Trinajstić information content (AvgIpc) is 3.98. The quantitative estimate of drug-likeness (QED) is 0.0680. The fourth-order valence-corrected chi connectivity index (χ4v) is 8.34. The topological polar surface area (TPSA) is 183 Å². The predicted molar refractivity (Wildman–Crippen MR) is 215 cm³/mol. The molecule has 5 aromatic rings. The molecule has 3 aliphatic rings. The van der Waals surface area contributed by atoms with Crippen LogP contribution in [-0.4, -0.2) is 59.9 Å². The molecule has 3 aliphatic heterocycles. The number of fused-ring (bicyclic) bond motifs is 5. The van der Waals surface area contributed by atoms with E-state index in [0.29, 0.717) is 46.2 Å². The number of rotatable bonds is 8. The molecule has 0 saturated carbocycles. The van der Waals surface area contributed by atoms with Crippen LogP contribution in [0.25, 0.3) is 33.8 Å². The Bertz CT molecular complexity index is 2420. The highest BCUT2D eigenvalue weighted by Gasteiger charge is 2.59. The number of amides is 2. The van der Waals surface area contributed by atoms with Gasteiger partial charge in [-0.15, -0.1) is 0 Å². The molecule has 0 radical (unpaired) electrons. The highest BCUT2D eigenvalue weighted by atomic mass is 28.3. The molecule has 0 unspecified atom stereocenters. The number of anilines is 1. The Morgan fingerprint density at radius 3 is 2.70 bits per heavy atom. The van der Waals surface area contributed by atoms with Crippen molar-refractivity contribution in [3.8, 4) is 28.7 Å². The van der Waals surface area contributed by atoms with E-state index >= 15 is 0 Å². The number of ether oxygens (including phenoxy) is 3. The summed E-state index contributed by atoms with van der Waals surface area (Å²) in [6.07, 6.45) is 8.35. The SMILES string of the molecule is CC(=O)Oc1cccc2c(-c3cnc(-c4nc5oc4[C@@]46C/C(=C\C=C\C[C@H](NC(=O)OCC[Si](C)(C)C)C(=O)N[C@H]5C(C)C)O[C@@H]4Nc4ccccc46)o3)c[nH]c12. The van der Waals surface area contributed by atoms with Gasteiger partial charge in [-0.05, 0) is 42.2 Å². The van der Waals surface area contributed by atoms with Gasteiger partial charge >= 0.3 is 12.1 Å². The summed E-state index contributed by atoms with van der Waals surface area (Å²) in [5.74, 6) is 1.42. The highest BCUT2D eigenvalue weighted by molar-refractivity contribution is 6.76. The van der Waals surface area contributed by atoms with Crippen molar-refractivity contribution >= 4 is 42.6 Å². The molecule has 1 spiro atoms. The van der Waals surface area contributed by atoms with Crippen molar-refractivity contribution < 1.29 is 37.4 Å². The van der Waals surface area contributed by atoms with Gasteiger partial charge in [0.25, 0.3) is 0 Å². The number of benzene rings is 2. The van der Waals surface area contributed by atoms with Gasteiger partial charge < -0.3 is 44.0 Å². The maximum Gasteiger partial charge on any atom is 0.407 e. The number of aromatic amines is 1. The zero-order valence-electron chi connectivity index (χ0n) is 32.7. The van der Waals surface area contributed by atoms with Gasteiger partial charge in [-0.1, -0.05) is 76.0 Å². The smallest absolute Gasteiger partial charge is 0.407 e. The molecule has 1 saturated heterocycles. The normalized spacial score (nSPS) is 23.0. The first kappa shape index (κ1) is 37.8. The van der Waals surface area contributed by atoms with Gasteiger partial charge in [0.2, 0.25) is 17.7 Å². The predicted octanol–water partition coefficient (Wildman–Crippen LogP) is 7.95. The maximum atomic E-state index is 14.1. The number of aromatic nitrogens is 3. The van der Waals surface area contributed by atoms with E-state index in [4.69, 9.17) is 33.0 Å². The molecule has 4 bridgehead atoms. The Morgan fingerprint density at radius 2 is 1.91 bits per heavy atom. The first-order chi connectivity index (χ1) is 27.3. The molecular weight excluding hydrogens is 745 g/mol. The minimum atomic E-state index is -1.44. The lowest BCUT2D eigenvalue weighted by Gasteiger charge is -2.26. The lowest BCUT2D eigenvalue weighted by Crippen LogP contribution is -2.48. The number of nitrogens with one attached hydrogen (secondary N) is 4. The molecule has 4 N–H and O–H groups in total. The van der Waals surface area contributed by atoms with E-state index in [1.165, 1.54) is 6.92 Å². The van der Waals surface area contributed by atoms with E-state index in [2.05, 4.69) is 40.6 Å². The van der Waals surface area contributed by atoms with Crippen LogP contribution in [0.3, 0.4) is 0 Å². The summed E-state index contributed by atoms with van der Waals surface area (Å²) in [6.45, 7) is 12.2. The van der Waals surface area contributed by atoms with Crippen molar-refractivity contribution in [2.24, 2.45) is 5.92 Å². The van der Waals surface area contributed by atoms with Crippen molar-refractivity contribution in [3.63, 3.8) is 0 Å². The molecule has 6 heterocycles. The molecule has 14 nitrogen and oxygen atoms in total. The van der Waals surface area contributed by atoms with E-state index in [0.717, 1.165) is 22.7 Å². The second-order valence-corrected chi connectivity index (χ2v) is 21.9. The molecule has 1 fully saturated rings. The molecule has 2 amide bonds. The third-order valence-corrected chi connectivity index (χ3v) is 12.2. The van der Waals surface area contributed by atoms with Crippen LogP contribution < -0.4 is 20.7 Å². The van der Waals surface area contributed by atoms with E-state index in [1.54, 1.807) is 24.5 Å². The van der Waals surface area contributed by atoms with Crippen LogP contribution in [-0.2, 0) is 24.5 Å². The van der Waals surface area contributed by atoms with Crippen molar-refractivity contribution in [2.75, 3.05) is 11.9 Å². The zero-order chi connectivity index (χ0) is 40.1. The van der Waals surface area contributed by atoms with Crippen molar-refractivity contribution in [1.29, 1.82) is 0 Å². The third-order valence-electron chi connectivity index (χ3n) is 10.5. The van der Waals surface area contributed by atoms with Crippen LogP contribution in [0.2, 0.25) is 25.7 Å². The number of H-pyrrole nitrogens is 1. The van der Waals surface area contributed by atoms with Crippen LogP contribution in [0.1, 0.15) is 56.9 Å². The molecular formula is C42H46N6O8Si. The summed E-state index contributed by atoms with van der Waals surface area (Å²) in [4.78, 5) is 51.8. The van der Waals surface area contributed by atoms with Crippen molar-refractivity contribution in [1.82, 2.24) is 25.6 Å². The molecule has 15 heteroatoms. The number of allylic oxidation sites excluding steroid dienone is 3. The Balaban J connectivity index is 1.22. The van der Waals surface area contributed by atoms with Gasteiger partial charge in [0, 0.05) is 44.3 Å². The number of esters is 1. The van der Waals surface area contributed by atoms with Gasteiger partial charge in [-0.25, -0.2) is 14.8 Å². The third kappa shape index (κ3) is 7.23. The second kappa shape index (κ2) is 14.8. The van der Waals surface area contributed by atoms with Gasteiger partial charge in [0.15, 0.2) is 29.2 Å². The van der Waals surface area contributed by atoms with Crippen molar-refractivity contribution in [2.45, 2.75) is 83.0 Å². The molecule has 0 aliphatic carbocycles. The monoisotopic (exact) mass is 790 g/mol. The average molecular weight is 791 g/mol. The van der Waals surface area contributed by atoms with Gasteiger partial charge in [0.1, 0.15) is 23.3 Å².